The molecule has 1 fully saturated rings. The Balaban J connectivity index is 1.76. The molecule has 1 aromatic carbocycles. The lowest BCUT2D eigenvalue weighted by atomic mass is 9.92. The van der Waals surface area contributed by atoms with Crippen LogP contribution in [0.3, 0.4) is 0 Å². The molecule has 2 atom stereocenters. The number of para-hydroxylation sites is 1. The maximum atomic E-state index is 12.3. The molecule has 1 N–H and O–H groups in total. The molecule has 1 aliphatic carbocycles. The summed E-state index contributed by atoms with van der Waals surface area (Å²) >= 11 is 0. The predicted octanol–water partition coefficient (Wildman–Crippen LogP) is 1.97. The van der Waals surface area contributed by atoms with E-state index < -0.39 is 0 Å². The van der Waals surface area contributed by atoms with Gasteiger partial charge in [0.25, 0.3) is 0 Å². The molecule has 1 heterocycles. The number of nitrogens with one attached hydrogen (secondary N) is 1. The average molecular weight is 256 g/mol. The Morgan fingerprint density at radius 2 is 2.16 bits per heavy atom. The van der Waals surface area contributed by atoms with E-state index in [9.17, 15) is 4.79 Å². The minimum Gasteiger partial charge on any atom is -0.493 e. The Hall–Kier alpha value is -2.02. The zero-order chi connectivity index (χ0) is 13.2. The number of hydrogen-bond acceptors (Lipinski definition) is 3. The number of nitrogens with zero attached hydrogens (tertiary/aromatic N) is 1. The molecule has 0 bridgehead atoms. The summed E-state index contributed by atoms with van der Waals surface area (Å²) in [6.45, 7) is 0.551. The maximum Gasteiger partial charge on any atom is 0.228 e. The number of ether oxygens (including phenoxy) is 1. The van der Waals surface area contributed by atoms with Crippen molar-refractivity contribution in [1.82, 2.24) is 5.32 Å². The highest BCUT2D eigenvalue weighted by atomic mass is 16.5. The van der Waals surface area contributed by atoms with E-state index in [-0.39, 0.29) is 17.9 Å². The van der Waals surface area contributed by atoms with E-state index in [1.165, 1.54) is 0 Å². The zero-order valence-electron chi connectivity index (χ0n) is 10.6. The Morgan fingerprint density at radius 3 is 2.89 bits per heavy atom. The van der Waals surface area contributed by atoms with Crippen LogP contribution in [0.15, 0.2) is 24.3 Å². The van der Waals surface area contributed by atoms with E-state index in [0.717, 1.165) is 24.2 Å². The number of hydrogen-bond donors (Lipinski definition) is 1. The number of amides is 1. The van der Waals surface area contributed by atoms with Gasteiger partial charge in [0.05, 0.1) is 18.6 Å². The fourth-order valence-electron chi connectivity index (χ4n) is 2.55. The lowest BCUT2D eigenvalue weighted by molar-refractivity contribution is -0.123. The molecule has 2 aliphatic rings. The topological polar surface area (TPSA) is 62.1 Å². The van der Waals surface area contributed by atoms with Crippen molar-refractivity contribution in [2.45, 2.75) is 31.2 Å². The fourth-order valence-corrected chi connectivity index (χ4v) is 2.55. The second-order valence-corrected chi connectivity index (χ2v) is 5.18. The second kappa shape index (κ2) is 4.93. The molecular weight excluding hydrogens is 240 g/mol. The smallest absolute Gasteiger partial charge is 0.228 e. The Bertz CT molecular complexity index is 531. The molecule has 1 amide bonds. The molecule has 0 saturated heterocycles. The van der Waals surface area contributed by atoms with Crippen molar-refractivity contribution < 1.29 is 9.53 Å². The maximum absolute atomic E-state index is 12.3. The van der Waals surface area contributed by atoms with Crippen LogP contribution < -0.4 is 10.1 Å². The first-order chi connectivity index (χ1) is 9.29. The highest BCUT2D eigenvalue weighted by Crippen LogP contribution is 2.35. The molecule has 0 aromatic heterocycles. The minimum absolute atomic E-state index is 0.0470. The second-order valence-electron chi connectivity index (χ2n) is 5.18. The Labute approximate surface area is 112 Å². The molecule has 0 spiro atoms. The van der Waals surface area contributed by atoms with Gasteiger partial charge in [0.2, 0.25) is 5.91 Å². The summed E-state index contributed by atoms with van der Waals surface area (Å²) in [4.78, 5) is 12.3. The molecule has 4 heteroatoms. The Morgan fingerprint density at radius 1 is 1.37 bits per heavy atom. The van der Waals surface area contributed by atoms with Gasteiger partial charge in [-0.2, -0.15) is 5.26 Å². The minimum atomic E-state index is -0.331. The van der Waals surface area contributed by atoms with Crippen LogP contribution in [0.1, 0.15) is 30.7 Å². The molecule has 2 unspecified atom stereocenters. The summed E-state index contributed by atoms with van der Waals surface area (Å²) in [7, 11) is 0. The summed E-state index contributed by atoms with van der Waals surface area (Å²) in [5.74, 6) is 0.895. The van der Waals surface area contributed by atoms with Crippen LogP contribution in [-0.2, 0) is 4.79 Å². The van der Waals surface area contributed by atoms with Crippen molar-refractivity contribution >= 4 is 5.91 Å². The van der Waals surface area contributed by atoms with Crippen molar-refractivity contribution in [2.75, 3.05) is 6.61 Å². The average Bonchev–Trinajstić information content (AvgIpc) is 3.28. The fraction of sp³-hybridized carbons (Fsp3) is 0.467. The zero-order valence-corrected chi connectivity index (χ0v) is 10.6. The first-order valence-corrected chi connectivity index (χ1v) is 6.71. The highest BCUT2D eigenvalue weighted by Gasteiger charge is 2.35. The monoisotopic (exact) mass is 256 g/mol. The quantitative estimate of drug-likeness (QED) is 0.899. The standard InChI is InChI=1S/C15H16N2O2/c16-9-13(10-5-6-10)17-15(18)12-7-8-19-14-4-2-1-3-11(12)14/h1-4,10,12-13H,5-8H2,(H,17,18). The lowest BCUT2D eigenvalue weighted by Gasteiger charge is -2.25. The molecule has 4 nitrogen and oxygen atoms in total. The number of fused-ring (bicyclic) bond motifs is 1. The van der Waals surface area contributed by atoms with Crippen molar-refractivity contribution in [1.29, 1.82) is 5.26 Å². The summed E-state index contributed by atoms with van der Waals surface area (Å²) in [6.07, 6.45) is 2.76. The number of carbonyl (C=O) groups is 1. The molecule has 98 valence electrons. The lowest BCUT2D eigenvalue weighted by Crippen LogP contribution is -2.39. The van der Waals surface area contributed by atoms with Gasteiger partial charge in [0, 0.05) is 5.56 Å². The normalized spacial score (nSPS) is 22.6. The van der Waals surface area contributed by atoms with E-state index >= 15 is 0 Å². The van der Waals surface area contributed by atoms with Crippen molar-refractivity contribution in [3.05, 3.63) is 29.8 Å². The SMILES string of the molecule is N#CC(NC(=O)C1CCOc2ccccc21)C1CC1. The van der Waals surface area contributed by atoms with Crippen molar-refractivity contribution in [3.63, 3.8) is 0 Å². The van der Waals surface area contributed by atoms with Crippen LogP contribution in [0.2, 0.25) is 0 Å². The molecule has 3 rings (SSSR count). The molecular formula is C15H16N2O2. The highest BCUT2D eigenvalue weighted by molar-refractivity contribution is 5.85. The van der Waals surface area contributed by atoms with Crippen LogP contribution in [0, 0.1) is 17.2 Å². The molecule has 1 aromatic rings. The summed E-state index contributed by atoms with van der Waals surface area (Å²) in [5, 5.41) is 12.0. The van der Waals surface area contributed by atoms with E-state index in [1.807, 2.05) is 24.3 Å². The van der Waals surface area contributed by atoms with Crippen LogP contribution in [-0.4, -0.2) is 18.6 Å². The summed E-state index contributed by atoms with van der Waals surface area (Å²) in [5.41, 5.74) is 0.929. The number of benzene rings is 1. The van der Waals surface area contributed by atoms with Crippen LogP contribution >= 0.6 is 0 Å². The van der Waals surface area contributed by atoms with E-state index in [1.54, 1.807) is 0 Å². The van der Waals surface area contributed by atoms with Gasteiger partial charge in [0.15, 0.2) is 0 Å². The predicted molar refractivity (Wildman–Crippen MR) is 69.6 cm³/mol. The van der Waals surface area contributed by atoms with Gasteiger partial charge >= 0.3 is 0 Å². The first kappa shape index (κ1) is 12.0. The first-order valence-electron chi connectivity index (χ1n) is 6.71. The number of rotatable bonds is 3. The molecule has 0 radical (unpaired) electrons. The van der Waals surface area contributed by atoms with E-state index in [2.05, 4.69) is 11.4 Å². The summed E-state index contributed by atoms with van der Waals surface area (Å²) in [6, 6.07) is 9.50. The molecule has 1 aliphatic heterocycles. The van der Waals surface area contributed by atoms with Gasteiger partial charge in [-0.3, -0.25) is 4.79 Å². The largest absolute Gasteiger partial charge is 0.493 e. The van der Waals surface area contributed by atoms with E-state index in [0.29, 0.717) is 18.9 Å². The molecule has 1 saturated carbocycles. The van der Waals surface area contributed by atoms with Gasteiger partial charge in [-0.05, 0) is 31.2 Å². The van der Waals surface area contributed by atoms with Gasteiger partial charge in [-0.25, -0.2) is 0 Å². The van der Waals surface area contributed by atoms with Gasteiger partial charge in [-0.15, -0.1) is 0 Å². The summed E-state index contributed by atoms with van der Waals surface area (Å²) < 4.78 is 5.55. The molecule has 19 heavy (non-hydrogen) atoms. The number of carbonyl (C=O) groups excluding carboxylic acids is 1. The van der Waals surface area contributed by atoms with Crippen LogP contribution in [0.4, 0.5) is 0 Å². The van der Waals surface area contributed by atoms with Gasteiger partial charge in [-0.1, -0.05) is 18.2 Å². The van der Waals surface area contributed by atoms with Gasteiger partial charge in [0.1, 0.15) is 11.8 Å². The third-order valence-corrected chi connectivity index (χ3v) is 3.81. The van der Waals surface area contributed by atoms with Crippen LogP contribution in [0.5, 0.6) is 5.75 Å². The third-order valence-electron chi connectivity index (χ3n) is 3.81. The number of nitriles is 1. The Kier molecular flexibility index (Phi) is 3.12. The van der Waals surface area contributed by atoms with Gasteiger partial charge < -0.3 is 10.1 Å². The van der Waals surface area contributed by atoms with Crippen molar-refractivity contribution in [2.24, 2.45) is 5.92 Å². The third kappa shape index (κ3) is 2.41. The van der Waals surface area contributed by atoms with Crippen molar-refractivity contribution in [3.8, 4) is 11.8 Å². The van der Waals surface area contributed by atoms with E-state index in [4.69, 9.17) is 10.00 Å². The van der Waals surface area contributed by atoms with Crippen LogP contribution in [0.25, 0.3) is 0 Å².